The monoisotopic (exact) mass is 458 g/mol. The van der Waals surface area contributed by atoms with Gasteiger partial charge in [-0.2, -0.15) is 0 Å². The number of likely N-dealkylation sites (N-methyl/N-ethyl adjacent to an activating group) is 2. The number of rotatable bonds is 12. The predicted octanol–water partition coefficient (Wildman–Crippen LogP) is 4.70. The highest BCUT2D eigenvalue weighted by molar-refractivity contribution is 7.99. The molecule has 1 heterocycles. The average Bonchev–Trinajstić information content (AvgIpc) is 2.83. The maximum absolute atomic E-state index is 10.4. The highest BCUT2D eigenvalue weighted by Gasteiger charge is 2.25. The van der Waals surface area contributed by atoms with Crippen molar-refractivity contribution >= 4 is 11.8 Å². The van der Waals surface area contributed by atoms with Crippen molar-refractivity contribution in [3.05, 3.63) is 46.5 Å². The molecule has 0 amide bonds. The van der Waals surface area contributed by atoms with E-state index in [1.807, 2.05) is 18.2 Å². The first-order chi connectivity index (χ1) is 15.6. The minimum absolute atomic E-state index is 0.00184. The van der Waals surface area contributed by atoms with Gasteiger partial charge in [0.25, 0.3) is 0 Å². The molecule has 2 aromatic rings. The Hall–Kier alpha value is -1.57. The van der Waals surface area contributed by atoms with Gasteiger partial charge in [0.2, 0.25) is 0 Å². The molecule has 1 aliphatic rings. The van der Waals surface area contributed by atoms with Crippen LogP contribution < -0.4 is 4.74 Å². The summed E-state index contributed by atoms with van der Waals surface area (Å²) >= 11 is 1.72. The highest BCUT2D eigenvalue weighted by atomic mass is 32.2. The summed E-state index contributed by atoms with van der Waals surface area (Å²) in [5, 5.41) is 19.9. The molecular formula is C26H38N2O3S. The molecule has 0 fully saturated rings. The van der Waals surface area contributed by atoms with Crippen LogP contribution in [0.4, 0.5) is 0 Å². The summed E-state index contributed by atoms with van der Waals surface area (Å²) in [5.74, 6) is 1.68. The lowest BCUT2D eigenvalue weighted by molar-refractivity contribution is 0.273. The van der Waals surface area contributed by atoms with Crippen molar-refractivity contribution in [1.29, 1.82) is 0 Å². The first kappa shape index (κ1) is 25.1. The lowest BCUT2D eigenvalue weighted by Gasteiger charge is -2.28. The third-order valence-electron chi connectivity index (χ3n) is 6.50. The van der Waals surface area contributed by atoms with E-state index in [1.54, 1.807) is 11.8 Å². The van der Waals surface area contributed by atoms with Crippen LogP contribution in [0.25, 0.3) is 0 Å². The predicted molar refractivity (Wildman–Crippen MR) is 132 cm³/mol. The molecule has 176 valence electrons. The summed E-state index contributed by atoms with van der Waals surface area (Å²) in [4.78, 5) is 7.01. The molecule has 0 aromatic heterocycles. The summed E-state index contributed by atoms with van der Waals surface area (Å²) in [7, 11) is 0. The Bertz CT molecular complexity index is 895. The smallest absolute Gasteiger partial charge is 0.141 e. The van der Waals surface area contributed by atoms with E-state index in [2.05, 4.69) is 43.6 Å². The van der Waals surface area contributed by atoms with Crippen LogP contribution in [0.5, 0.6) is 11.5 Å². The Morgan fingerprint density at radius 3 is 2.03 bits per heavy atom. The Morgan fingerprint density at radius 2 is 1.44 bits per heavy atom. The van der Waals surface area contributed by atoms with E-state index >= 15 is 0 Å². The van der Waals surface area contributed by atoms with Crippen LogP contribution in [0.1, 0.15) is 49.9 Å². The first-order valence-electron chi connectivity index (χ1n) is 11.9. The van der Waals surface area contributed by atoms with Crippen molar-refractivity contribution in [2.24, 2.45) is 0 Å². The molecule has 0 bridgehead atoms. The van der Waals surface area contributed by atoms with Crippen molar-refractivity contribution < 1.29 is 14.9 Å². The van der Waals surface area contributed by atoms with Crippen LogP contribution in [0.3, 0.4) is 0 Å². The van der Waals surface area contributed by atoms with Gasteiger partial charge >= 0.3 is 0 Å². The van der Waals surface area contributed by atoms with Crippen LogP contribution in [-0.4, -0.2) is 59.3 Å². The van der Waals surface area contributed by atoms with Gasteiger partial charge in [-0.15, -0.1) is 0 Å². The molecule has 32 heavy (non-hydrogen) atoms. The fourth-order valence-electron chi connectivity index (χ4n) is 4.33. The number of aliphatic hydroxyl groups excluding tert-OH is 2. The van der Waals surface area contributed by atoms with Gasteiger partial charge in [0.15, 0.2) is 0 Å². The fraction of sp³-hybridized carbons (Fsp3) is 0.538. The zero-order chi connectivity index (χ0) is 23.1. The van der Waals surface area contributed by atoms with E-state index in [9.17, 15) is 10.2 Å². The Balaban J connectivity index is 2.01. The molecule has 0 spiro atoms. The lowest BCUT2D eigenvalue weighted by Crippen LogP contribution is -2.27. The van der Waals surface area contributed by atoms with Gasteiger partial charge in [-0.3, -0.25) is 0 Å². The molecule has 2 N–H and O–H groups in total. The number of hydrogen-bond donors (Lipinski definition) is 2. The second-order valence-electron chi connectivity index (χ2n) is 8.18. The molecule has 0 saturated heterocycles. The van der Waals surface area contributed by atoms with Crippen LogP contribution in [-0.2, 0) is 26.1 Å². The Morgan fingerprint density at radius 1 is 0.781 bits per heavy atom. The number of benzene rings is 2. The number of nitrogens with zero attached hydrogens (tertiary/aromatic N) is 2. The summed E-state index contributed by atoms with van der Waals surface area (Å²) in [5.41, 5.74) is 4.31. The van der Waals surface area contributed by atoms with E-state index in [4.69, 9.17) is 4.74 Å². The second-order valence-corrected chi connectivity index (χ2v) is 9.23. The molecule has 0 saturated carbocycles. The van der Waals surface area contributed by atoms with Crippen LogP contribution in [0, 0.1) is 0 Å². The SMILES string of the molecule is CCN(CC)CCc1cc2c(c(CCN(CC)CC)c1CO)Sc1ccc(CO)cc1O2. The quantitative estimate of drug-likeness (QED) is 0.410. The second kappa shape index (κ2) is 12.1. The number of ether oxygens (including phenoxy) is 1. The van der Waals surface area contributed by atoms with E-state index in [-0.39, 0.29) is 13.2 Å². The van der Waals surface area contributed by atoms with Crippen LogP contribution in [0.2, 0.25) is 0 Å². The third-order valence-corrected chi connectivity index (χ3v) is 7.71. The normalized spacial score (nSPS) is 12.8. The maximum Gasteiger partial charge on any atom is 0.141 e. The van der Waals surface area contributed by atoms with Gasteiger partial charge in [-0.25, -0.2) is 0 Å². The molecule has 1 aliphatic heterocycles. The maximum atomic E-state index is 10.4. The minimum atomic E-state index is 0.00184. The van der Waals surface area contributed by atoms with Crippen molar-refractivity contribution in [3.63, 3.8) is 0 Å². The first-order valence-corrected chi connectivity index (χ1v) is 12.7. The van der Waals surface area contributed by atoms with Gasteiger partial charge in [0.1, 0.15) is 11.5 Å². The number of aliphatic hydroxyl groups is 2. The molecule has 0 atom stereocenters. The van der Waals surface area contributed by atoms with Crippen molar-refractivity contribution in [3.8, 4) is 11.5 Å². The van der Waals surface area contributed by atoms with Crippen LogP contribution in [0.15, 0.2) is 34.1 Å². The molecule has 0 unspecified atom stereocenters. The lowest BCUT2D eigenvalue weighted by atomic mass is 9.95. The molecule has 0 aliphatic carbocycles. The van der Waals surface area contributed by atoms with Gasteiger partial charge in [0.05, 0.1) is 23.0 Å². The largest absolute Gasteiger partial charge is 0.455 e. The van der Waals surface area contributed by atoms with Gasteiger partial charge < -0.3 is 24.7 Å². The number of fused-ring (bicyclic) bond motifs is 2. The minimum Gasteiger partial charge on any atom is -0.455 e. The van der Waals surface area contributed by atoms with Gasteiger partial charge in [-0.05, 0) is 79.5 Å². The van der Waals surface area contributed by atoms with Crippen molar-refractivity contribution in [1.82, 2.24) is 9.80 Å². The standard InChI is InChI=1S/C26H38N2O3S/c1-5-27(6-2)13-11-20-16-24-26(21(22(20)18-30)12-14-28(7-3)8-4)32-25-10-9-19(17-29)15-23(25)31-24/h9-10,15-16,29-30H,5-8,11-14,17-18H2,1-4H3. The molecule has 6 heteroatoms. The van der Waals surface area contributed by atoms with E-state index in [0.29, 0.717) is 0 Å². The number of hydrogen-bond acceptors (Lipinski definition) is 6. The Kier molecular flexibility index (Phi) is 9.44. The highest BCUT2D eigenvalue weighted by Crippen LogP contribution is 2.50. The fourth-order valence-corrected chi connectivity index (χ4v) is 5.44. The van der Waals surface area contributed by atoms with Gasteiger partial charge in [0, 0.05) is 13.1 Å². The average molecular weight is 459 g/mol. The van der Waals surface area contributed by atoms with Gasteiger partial charge in [-0.1, -0.05) is 45.5 Å². The molecular weight excluding hydrogens is 420 g/mol. The molecule has 3 rings (SSSR count). The van der Waals surface area contributed by atoms with Crippen LogP contribution >= 0.6 is 11.8 Å². The zero-order valence-electron chi connectivity index (χ0n) is 20.0. The summed E-state index contributed by atoms with van der Waals surface area (Å²) in [6, 6.07) is 8.03. The summed E-state index contributed by atoms with van der Waals surface area (Å²) in [6.07, 6.45) is 1.78. The van der Waals surface area contributed by atoms with E-state index < -0.39 is 0 Å². The van der Waals surface area contributed by atoms with E-state index in [1.165, 1.54) is 11.1 Å². The molecule has 2 aromatic carbocycles. The third kappa shape index (κ3) is 5.67. The topological polar surface area (TPSA) is 56.2 Å². The molecule has 0 radical (unpaired) electrons. The zero-order valence-corrected chi connectivity index (χ0v) is 20.8. The Labute approximate surface area is 197 Å². The summed E-state index contributed by atoms with van der Waals surface area (Å²) < 4.78 is 6.38. The van der Waals surface area contributed by atoms with Crippen molar-refractivity contribution in [2.45, 2.75) is 63.5 Å². The van der Waals surface area contributed by atoms with Crippen molar-refractivity contribution in [2.75, 3.05) is 39.3 Å². The van der Waals surface area contributed by atoms with E-state index in [0.717, 1.165) is 84.5 Å². The summed E-state index contributed by atoms with van der Waals surface area (Å²) in [6.45, 7) is 14.8. The molecule has 5 nitrogen and oxygen atoms in total.